The normalized spacial score (nSPS) is 16.8. The largest absolute Gasteiger partial charge is 0.180 e. The smallest absolute Gasteiger partial charge is 0.102 e. The molecule has 0 aliphatic carbocycles. The molecule has 0 saturated heterocycles. The van der Waals surface area contributed by atoms with Crippen LogP contribution in [-0.2, 0) is 12.8 Å². The zero-order valence-corrected chi connectivity index (χ0v) is 10.5. The molecule has 18 heavy (non-hydrogen) atoms. The van der Waals surface area contributed by atoms with E-state index in [1.165, 1.54) is 16.7 Å². The first kappa shape index (κ1) is 11.1. The predicted octanol–water partition coefficient (Wildman–Crippen LogP) is 4.63. The van der Waals surface area contributed by atoms with Crippen LogP contribution < -0.4 is 0 Å². The zero-order valence-electron chi connectivity index (χ0n) is 10.5. The number of nitrogens with zero attached hydrogens (tertiary/aromatic N) is 2. The topological polar surface area (TPSA) is 24.7 Å². The van der Waals surface area contributed by atoms with Crippen LogP contribution in [0.15, 0.2) is 58.8 Å². The minimum absolute atomic E-state index is 0.189. The summed E-state index contributed by atoms with van der Waals surface area (Å²) in [4.78, 5) is 0. The summed E-state index contributed by atoms with van der Waals surface area (Å²) in [6.07, 6.45) is 2.02. The molecule has 0 N–H and O–H groups in total. The van der Waals surface area contributed by atoms with E-state index in [1.54, 1.807) is 0 Å². The minimum Gasteiger partial charge on any atom is -0.180 e. The Morgan fingerprint density at radius 3 is 2.44 bits per heavy atom. The standard InChI is InChI=1S/C16H16N2/c1-2-12-7-9-13(10-8-12)11-16-14-5-3-4-6-15(14)17-18-16/h3-10,16H,2,11H2,1H3. The molecule has 2 nitrogen and oxygen atoms in total. The Balaban J connectivity index is 1.80. The molecule has 1 unspecified atom stereocenters. The summed E-state index contributed by atoms with van der Waals surface area (Å²) in [5.41, 5.74) is 4.98. The highest BCUT2D eigenvalue weighted by Crippen LogP contribution is 2.37. The van der Waals surface area contributed by atoms with Crippen LogP contribution in [0.3, 0.4) is 0 Å². The first-order valence-electron chi connectivity index (χ1n) is 6.44. The average molecular weight is 236 g/mol. The third-order valence-corrected chi connectivity index (χ3v) is 3.46. The molecule has 2 heteroatoms. The number of fused-ring (bicyclic) bond motifs is 1. The van der Waals surface area contributed by atoms with Gasteiger partial charge in [0.1, 0.15) is 6.04 Å². The number of hydrogen-bond acceptors (Lipinski definition) is 2. The van der Waals surface area contributed by atoms with Gasteiger partial charge in [0.2, 0.25) is 0 Å². The SMILES string of the molecule is CCc1ccc(CC2N=Nc3ccccc32)cc1. The van der Waals surface area contributed by atoms with Crippen molar-refractivity contribution in [3.05, 3.63) is 65.2 Å². The average Bonchev–Trinajstić information content (AvgIpc) is 2.83. The number of aryl methyl sites for hydroxylation is 1. The van der Waals surface area contributed by atoms with E-state index in [1.807, 2.05) is 12.1 Å². The van der Waals surface area contributed by atoms with E-state index in [0.29, 0.717) is 0 Å². The van der Waals surface area contributed by atoms with Crippen molar-refractivity contribution in [1.82, 2.24) is 0 Å². The monoisotopic (exact) mass is 236 g/mol. The fourth-order valence-corrected chi connectivity index (χ4v) is 2.34. The Labute approximate surface area is 107 Å². The van der Waals surface area contributed by atoms with E-state index in [9.17, 15) is 0 Å². The van der Waals surface area contributed by atoms with Gasteiger partial charge in [0.25, 0.3) is 0 Å². The maximum Gasteiger partial charge on any atom is 0.102 e. The fourth-order valence-electron chi connectivity index (χ4n) is 2.34. The molecule has 90 valence electrons. The molecule has 0 saturated carbocycles. The number of rotatable bonds is 3. The Kier molecular flexibility index (Phi) is 2.93. The molecule has 1 atom stereocenters. The summed E-state index contributed by atoms with van der Waals surface area (Å²) < 4.78 is 0. The lowest BCUT2D eigenvalue weighted by atomic mass is 9.98. The third kappa shape index (κ3) is 2.06. The Morgan fingerprint density at radius 1 is 0.944 bits per heavy atom. The molecule has 0 amide bonds. The maximum atomic E-state index is 4.37. The molecule has 1 heterocycles. The molecular formula is C16H16N2. The molecule has 0 aromatic heterocycles. The van der Waals surface area contributed by atoms with Crippen LogP contribution in [-0.4, -0.2) is 0 Å². The Hall–Kier alpha value is -1.96. The Bertz CT molecular complexity index is 570. The van der Waals surface area contributed by atoms with Gasteiger partial charge in [0.05, 0.1) is 5.69 Å². The summed E-state index contributed by atoms with van der Waals surface area (Å²) in [6, 6.07) is 17.2. The van der Waals surface area contributed by atoms with Crippen LogP contribution in [0.4, 0.5) is 5.69 Å². The van der Waals surface area contributed by atoms with Crippen molar-refractivity contribution in [3.63, 3.8) is 0 Å². The van der Waals surface area contributed by atoms with E-state index in [-0.39, 0.29) is 6.04 Å². The van der Waals surface area contributed by atoms with Crippen molar-refractivity contribution in [2.45, 2.75) is 25.8 Å². The van der Waals surface area contributed by atoms with Crippen molar-refractivity contribution < 1.29 is 0 Å². The van der Waals surface area contributed by atoms with Gasteiger partial charge in [-0.2, -0.15) is 10.2 Å². The highest BCUT2D eigenvalue weighted by atomic mass is 15.2. The fraction of sp³-hybridized carbons (Fsp3) is 0.250. The molecule has 0 spiro atoms. The molecule has 1 aliphatic heterocycles. The van der Waals surface area contributed by atoms with Gasteiger partial charge in [0, 0.05) is 12.0 Å². The quantitative estimate of drug-likeness (QED) is 0.742. The van der Waals surface area contributed by atoms with Crippen LogP contribution in [0.2, 0.25) is 0 Å². The first-order valence-corrected chi connectivity index (χ1v) is 6.44. The van der Waals surface area contributed by atoms with Crippen molar-refractivity contribution in [3.8, 4) is 0 Å². The molecule has 1 aliphatic rings. The molecule has 0 bridgehead atoms. The molecule has 2 aromatic rings. The minimum atomic E-state index is 0.189. The molecular weight excluding hydrogens is 220 g/mol. The number of hydrogen-bond donors (Lipinski definition) is 0. The van der Waals surface area contributed by atoms with Crippen LogP contribution in [0.25, 0.3) is 0 Å². The van der Waals surface area contributed by atoms with Gasteiger partial charge in [0.15, 0.2) is 0 Å². The van der Waals surface area contributed by atoms with Crippen molar-refractivity contribution in [1.29, 1.82) is 0 Å². The van der Waals surface area contributed by atoms with E-state index >= 15 is 0 Å². The van der Waals surface area contributed by atoms with Crippen molar-refractivity contribution in [2.75, 3.05) is 0 Å². The van der Waals surface area contributed by atoms with Gasteiger partial charge in [-0.3, -0.25) is 0 Å². The molecule has 2 aromatic carbocycles. The van der Waals surface area contributed by atoms with Gasteiger partial charge < -0.3 is 0 Å². The molecule has 0 radical (unpaired) electrons. The first-order chi connectivity index (χ1) is 8.86. The summed E-state index contributed by atoms with van der Waals surface area (Å²) in [7, 11) is 0. The van der Waals surface area contributed by atoms with Gasteiger partial charge in [-0.05, 0) is 23.6 Å². The third-order valence-electron chi connectivity index (χ3n) is 3.46. The highest BCUT2D eigenvalue weighted by Gasteiger charge is 2.19. The zero-order chi connectivity index (χ0) is 12.4. The number of benzene rings is 2. The van der Waals surface area contributed by atoms with E-state index in [2.05, 4.69) is 53.6 Å². The van der Waals surface area contributed by atoms with Crippen LogP contribution in [0.1, 0.15) is 29.7 Å². The van der Waals surface area contributed by atoms with Gasteiger partial charge in [-0.25, -0.2) is 0 Å². The summed E-state index contributed by atoms with van der Waals surface area (Å²) >= 11 is 0. The number of azo groups is 1. The summed E-state index contributed by atoms with van der Waals surface area (Å²) in [5.74, 6) is 0. The predicted molar refractivity (Wildman–Crippen MR) is 73.2 cm³/mol. The Morgan fingerprint density at radius 2 is 1.67 bits per heavy atom. The maximum absolute atomic E-state index is 4.37. The van der Waals surface area contributed by atoms with E-state index in [4.69, 9.17) is 0 Å². The van der Waals surface area contributed by atoms with Crippen molar-refractivity contribution in [2.24, 2.45) is 10.2 Å². The second-order valence-corrected chi connectivity index (χ2v) is 4.66. The summed E-state index contributed by atoms with van der Waals surface area (Å²) in [5, 5.41) is 8.60. The van der Waals surface area contributed by atoms with Gasteiger partial charge in [-0.15, -0.1) is 0 Å². The highest BCUT2D eigenvalue weighted by molar-refractivity contribution is 5.50. The van der Waals surface area contributed by atoms with Gasteiger partial charge in [-0.1, -0.05) is 49.4 Å². The van der Waals surface area contributed by atoms with Crippen molar-refractivity contribution >= 4 is 5.69 Å². The van der Waals surface area contributed by atoms with Crippen LogP contribution >= 0.6 is 0 Å². The van der Waals surface area contributed by atoms with Crippen LogP contribution in [0, 0.1) is 0 Å². The van der Waals surface area contributed by atoms with E-state index < -0.39 is 0 Å². The lowest BCUT2D eigenvalue weighted by molar-refractivity contribution is 0.719. The second kappa shape index (κ2) is 4.73. The van der Waals surface area contributed by atoms with Gasteiger partial charge >= 0.3 is 0 Å². The second-order valence-electron chi connectivity index (χ2n) is 4.66. The van der Waals surface area contributed by atoms with E-state index in [0.717, 1.165) is 18.5 Å². The lowest BCUT2D eigenvalue weighted by Crippen LogP contribution is -1.97. The summed E-state index contributed by atoms with van der Waals surface area (Å²) in [6.45, 7) is 2.18. The van der Waals surface area contributed by atoms with Crippen LogP contribution in [0.5, 0.6) is 0 Å². The molecule has 3 rings (SSSR count). The molecule has 0 fully saturated rings. The lowest BCUT2D eigenvalue weighted by Gasteiger charge is -2.08.